The summed E-state index contributed by atoms with van der Waals surface area (Å²) in [6.07, 6.45) is -1.77. The molecule has 0 unspecified atom stereocenters. The first-order valence-corrected chi connectivity index (χ1v) is 10.5. The molecule has 1 N–H and O–H groups in total. The Morgan fingerprint density at radius 2 is 2.09 bits per heavy atom. The van der Waals surface area contributed by atoms with Gasteiger partial charge in [0.2, 0.25) is 0 Å². The molecule has 0 aliphatic carbocycles. The fourth-order valence-electron chi connectivity index (χ4n) is 3.30. The van der Waals surface area contributed by atoms with Gasteiger partial charge in [0.15, 0.2) is 0 Å². The van der Waals surface area contributed by atoms with Crippen LogP contribution < -0.4 is 15.0 Å². The maximum atomic E-state index is 12.9. The van der Waals surface area contributed by atoms with Gasteiger partial charge < -0.3 is 15.0 Å². The third-order valence-corrected chi connectivity index (χ3v) is 5.43. The van der Waals surface area contributed by atoms with E-state index >= 15 is 0 Å². The van der Waals surface area contributed by atoms with Crippen LogP contribution in [-0.2, 0) is 17.4 Å². The van der Waals surface area contributed by atoms with Crippen molar-refractivity contribution < 1.29 is 27.5 Å². The van der Waals surface area contributed by atoms with Gasteiger partial charge in [-0.05, 0) is 35.9 Å². The highest BCUT2D eigenvalue weighted by atomic mass is 79.9. The van der Waals surface area contributed by atoms with Crippen LogP contribution in [0.15, 0.2) is 53.3 Å². The Bertz CT molecular complexity index is 1210. The second kappa shape index (κ2) is 8.85. The van der Waals surface area contributed by atoms with Gasteiger partial charge in [-0.15, -0.1) is 0 Å². The monoisotopic (exact) mass is 523 g/mol. The number of carbonyl (C=O) groups excluding carboxylic acids is 2. The highest BCUT2D eigenvalue weighted by molar-refractivity contribution is 9.10. The number of ether oxygens (including phenoxy) is 1. The molecule has 1 aliphatic rings. The number of amides is 2. The first kappa shape index (κ1) is 22.8. The second-order valence-electron chi connectivity index (χ2n) is 7.30. The summed E-state index contributed by atoms with van der Waals surface area (Å²) in [6, 6.07) is 7.20. The molecule has 1 aromatic carbocycles. The second-order valence-corrected chi connectivity index (χ2v) is 8.22. The van der Waals surface area contributed by atoms with Crippen LogP contribution in [0.25, 0.3) is 0 Å². The molecular formula is C21H17BrF3N5O3. The number of anilines is 1. The van der Waals surface area contributed by atoms with Gasteiger partial charge in [0, 0.05) is 29.8 Å². The largest absolute Gasteiger partial charge is 0.489 e. The number of pyridine rings is 1. The van der Waals surface area contributed by atoms with E-state index in [-0.39, 0.29) is 24.6 Å². The van der Waals surface area contributed by atoms with E-state index in [1.54, 1.807) is 25.2 Å². The minimum Gasteiger partial charge on any atom is -0.489 e. The molecule has 0 spiro atoms. The number of benzene rings is 1. The van der Waals surface area contributed by atoms with Crippen molar-refractivity contribution in [3.8, 4) is 5.75 Å². The lowest BCUT2D eigenvalue weighted by Gasteiger charge is -2.20. The van der Waals surface area contributed by atoms with Crippen LogP contribution in [0.3, 0.4) is 0 Å². The SMILES string of the molecule is CN1C(=O)[C@@H](NC(=O)n2cc(Cc3cccc(C(F)(F)F)n3)cn2)COc2ccc(Br)cc21. The third kappa shape index (κ3) is 5.00. The number of hydrogen-bond acceptors (Lipinski definition) is 5. The van der Waals surface area contributed by atoms with E-state index in [4.69, 9.17) is 4.74 Å². The van der Waals surface area contributed by atoms with E-state index in [9.17, 15) is 22.8 Å². The normalized spacial score (nSPS) is 16.1. The summed E-state index contributed by atoms with van der Waals surface area (Å²) in [5, 5.41) is 6.53. The Morgan fingerprint density at radius 1 is 1.30 bits per heavy atom. The molecule has 1 aliphatic heterocycles. The lowest BCUT2D eigenvalue weighted by atomic mass is 10.2. The van der Waals surface area contributed by atoms with Crippen LogP contribution in [0.4, 0.5) is 23.7 Å². The van der Waals surface area contributed by atoms with E-state index in [0.717, 1.165) is 15.2 Å². The molecule has 0 saturated carbocycles. The van der Waals surface area contributed by atoms with Crippen molar-refractivity contribution in [3.63, 3.8) is 0 Å². The molecular weight excluding hydrogens is 507 g/mol. The predicted octanol–water partition coefficient (Wildman–Crippen LogP) is 3.63. The number of likely N-dealkylation sites (N-methyl/N-ethyl adjacent to an activating group) is 1. The molecule has 1 atom stereocenters. The first-order chi connectivity index (χ1) is 15.6. The molecule has 0 radical (unpaired) electrons. The molecule has 0 bridgehead atoms. The number of aromatic nitrogens is 3. The zero-order valence-corrected chi connectivity index (χ0v) is 18.7. The van der Waals surface area contributed by atoms with Crippen LogP contribution >= 0.6 is 15.9 Å². The van der Waals surface area contributed by atoms with E-state index in [1.807, 2.05) is 0 Å². The summed E-state index contributed by atoms with van der Waals surface area (Å²) in [5.41, 5.74) is 0.229. The van der Waals surface area contributed by atoms with Crippen molar-refractivity contribution in [1.29, 1.82) is 0 Å². The molecule has 2 aromatic heterocycles. The Balaban J connectivity index is 1.44. The average Bonchev–Trinajstić information content (AvgIpc) is 3.20. The zero-order chi connectivity index (χ0) is 23.8. The lowest BCUT2D eigenvalue weighted by molar-refractivity contribution is -0.141. The molecule has 3 heterocycles. The van der Waals surface area contributed by atoms with Gasteiger partial charge in [0.1, 0.15) is 24.1 Å². The maximum Gasteiger partial charge on any atom is 0.433 e. The first-order valence-electron chi connectivity index (χ1n) is 9.69. The Morgan fingerprint density at radius 3 is 2.85 bits per heavy atom. The molecule has 12 heteroatoms. The molecule has 0 fully saturated rings. The van der Waals surface area contributed by atoms with E-state index in [0.29, 0.717) is 17.0 Å². The van der Waals surface area contributed by atoms with Crippen LogP contribution in [0.2, 0.25) is 0 Å². The Labute approximate surface area is 194 Å². The smallest absolute Gasteiger partial charge is 0.433 e. The third-order valence-electron chi connectivity index (χ3n) is 4.94. The number of alkyl halides is 3. The molecule has 3 aromatic rings. The van der Waals surface area contributed by atoms with E-state index in [2.05, 4.69) is 31.3 Å². The number of hydrogen-bond donors (Lipinski definition) is 1. The van der Waals surface area contributed by atoms with Crippen molar-refractivity contribution in [2.75, 3.05) is 18.6 Å². The lowest BCUT2D eigenvalue weighted by Crippen LogP contribution is -2.50. The summed E-state index contributed by atoms with van der Waals surface area (Å²) in [7, 11) is 1.58. The summed E-state index contributed by atoms with van der Waals surface area (Å²) >= 11 is 3.35. The Hall–Kier alpha value is -3.41. The van der Waals surface area contributed by atoms with E-state index in [1.165, 1.54) is 29.4 Å². The van der Waals surface area contributed by atoms with Crippen LogP contribution in [0, 0.1) is 0 Å². The summed E-state index contributed by atoms with van der Waals surface area (Å²) < 4.78 is 46.0. The minimum atomic E-state index is -4.55. The molecule has 33 heavy (non-hydrogen) atoms. The van der Waals surface area contributed by atoms with Crippen molar-refractivity contribution in [3.05, 3.63) is 70.2 Å². The fourth-order valence-corrected chi connectivity index (χ4v) is 3.65. The van der Waals surface area contributed by atoms with Gasteiger partial charge in [-0.3, -0.25) is 4.79 Å². The number of rotatable bonds is 3. The van der Waals surface area contributed by atoms with Gasteiger partial charge in [0.25, 0.3) is 5.91 Å². The van der Waals surface area contributed by atoms with Crippen molar-refractivity contribution in [2.24, 2.45) is 0 Å². The summed E-state index contributed by atoms with van der Waals surface area (Å²) in [6.45, 7) is -0.0776. The van der Waals surface area contributed by atoms with Crippen LogP contribution in [0.5, 0.6) is 5.75 Å². The van der Waals surface area contributed by atoms with Gasteiger partial charge in [-0.2, -0.15) is 23.0 Å². The predicted molar refractivity (Wildman–Crippen MR) is 115 cm³/mol. The van der Waals surface area contributed by atoms with Gasteiger partial charge in [0.05, 0.1) is 11.9 Å². The number of halogens is 4. The minimum absolute atomic E-state index is 0.0512. The summed E-state index contributed by atoms with van der Waals surface area (Å²) in [4.78, 5) is 30.5. The Kier molecular flexibility index (Phi) is 6.11. The van der Waals surface area contributed by atoms with Crippen molar-refractivity contribution in [2.45, 2.75) is 18.6 Å². The number of fused-ring (bicyclic) bond motifs is 1. The van der Waals surface area contributed by atoms with Gasteiger partial charge in [-0.1, -0.05) is 22.0 Å². The molecule has 0 saturated heterocycles. The van der Waals surface area contributed by atoms with Gasteiger partial charge in [-0.25, -0.2) is 9.78 Å². The van der Waals surface area contributed by atoms with E-state index < -0.39 is 23.9 Å². The van der Waals surface area contributed by atoms with Crippen LogP contribution in [-0.4, -0.2) is 46.4 Å². The maximum absolute atomic E-state index is 12.9. The van der Waals surface area contributed by atoms with Crippen molar-refractivity contribution >= 4 is 33.6 Å². The standard InChI is InChI=1S/C21H17BrF3N5O3/c1-29-16-8-13(22)5-6-17(16)33-11-15(19(29)31)28-20(32)30-10-12(9-26-30)7-14-3-2-4-18(27-14)21(23,24)25/h2-6,8-10,15H,7,11H2,1H3,(H,28,32)/t15-/m0/s1. The quantitative estimate of drug-likeness (QED) is 0.566. The van der Waals surface area contributed by atoms with Crippen molar-refractivity contribution in [1.82, 2.24) is 20.1 Å². The molecule has 2 amide bonds. The van der Waals surface area contributed by atoms with Crippen LogP contribution in [0.1, 0.15) is 17.0 Å². The van der Waals surface area contributed by atoms with Gasteiger partial charge >= 0.3 is 12.2 Å². The summed E-state index contributed by atoms with van der Waals surface area (Å²) in [5.74, 6) is 0.126. The molecule has 4 rings (SSSR count). The molecule has 8 nitrogen and oxygen atoms in total. The fraction of sp³-hybridized carbons (Fsp3) is 0.238. The highest BCUT2D eigenvalue weighted by Crippen LogP contribution is 2.33. The number of nitrogens with one attached hydrogen (secondary N) is 1. The topological polar surface area (TPSA) is 89.4 Å². The number of carbonyl (C=O) groups is 2. The zero-order valence-electron chi connectivity index (χ0n) is 17.1. The highest BCUT2D eigenvalue weighted by Gasteiger charge is 2.33. The number of nitrogens with zero attached hydrogens (tertiary/aromatic N) is 4. The molecule has 172 valence electrons. The average molecular weight is 524 g/mol.